The summed E-state index contributed by atoms with van der Waals surface area (Å²) in [5.74, 6) is 0. The van der Waals surface area contributed by atoms with Crippen LogP contribution in [0.3, 0.4) is 0 Å². The summed E-state index contributed by atoms with van der Waals surface area (Å²) in [7, 11) is 0. The highest BCUT2D eigenvalue weighted by molar-refractivity contribution is 5.69. The summed E-state index contributed by atoms with van der Waals surface area (Å²) in [6.45, 7) is 5.73. The largest absolute Gasteiger partial charge is 0.444 e. The topological polar surface area (TPSA) is 81.6 Å². The number of hydrogen-bond acceptors (Lipinski definition) is 4. The van der Waals surface area contributed by atoms with Crippen molar-refractivity contribution in [2.24, 2.45) is 5.73 Å². The second-order valence-electron chi connectivity index (χ2n) is 5.56. The highest BCUT2D eigenvalue weighted by Gasteiger charge is 2.21. The van der Waals surface area contributed by atoms with E-state index in [-0.39, 0.29) is 12.6 Å². The van der Waals surface area contributed by atoms with Crippen LogP contribution in [0.5, 0.6) is 0 Å². The first-order valence-corrected chi connectivity index (χ1v) is 6.52. The fourth-order valence-corrected chi connectivity index (χ4v) is 1.94. The van der Waals surface area contributed by atoms with Gasteiger partial charge in [0.05, 0.1) is 17.8 Å². The molecule has 3 N–H and O–H groups in total. The number of hydrogen-bond donors (Lipinski definition) is 2. The number of ether oxygens (including phenoxy) is 1. The summed E-state index contributed by atoms with van der Waals surface area (Å²) in [6.07, 6.45) is 3.08. The van der Waals surface area contributed by atoms with Crippen molar-refractivity contribution in [3.8, 4) is 0 Å². The minimum absolute atomic E-state index is 0.273. The molecule has 20 heavy (non-hydrogen) atoms. The summed E-state index contributed by atoms with van der Waals surface area (Å²) in [4.78, 5) is 11.8. The van der Waals surface area contributed by atoms with Gasteiger partial charge in [-0.15, -0.1) is 0 Å². The third-order valence-electron chi connectivity index (χ3n) is 2.76. The van der Waals surface area contributed by atoms with E-state index in [9.17, 15) is 4.79 Å². The number of carbonyl (C=O) groups is 1. The van der Waals surface area contributed by atoms with Crippen LogP contribution < -0.4 is 11.1 Å². The van der Waals surface area contributed by atoms with Gasteiger partial charge in [0.1, 0.15) is 5.60 Å². The molecule has 0 aliphatic carbocycles. The molecule has 0 aliphatic rings. The second-order valence-corrected chi connectivity index (χ2v) is 5.56. The Bertz CT molecular complexity index is 600. The van der Waals surface area contributed by atoms with Gasteiger partial charge in [-0.1, -0.05) is 6.07 Å². The fourth-order valence-electron chi connectivity index (χ4n) is 1.94. The van der Waals surface area contributed by atoms with E-state index in [0.717, 1.165) is 11.1 Å². The Morgan fingerprint density at radius 3 is 2.90 bits per heavy atom. The Balaban J connectivity index is 2.18. The van der Waals surface area contributed by atoms with E-state index in [1.54, 1.807) is 10.7 Å². The quantitative estimate of drug-likeness (QED) is 0.896. The summed E-state index contributed by atoms with van der Waals surface area (Å²) >= 11 is 0. The van der Waals surface area contributed by atoms with Gasteiger partial charge < -0.3 is 15.8 Å². The molecule has 0 radical (unpaired) electrons. The molecular weight excluding hydrogens is 256 g/mol. The van der Waals surface area contributed by atoms with Gasteiger partial charge in [0.2, 0.25) is 0 Å². The average Bonchev–Trinajstić information content (AvgIpc) is 2.77. The predicted molar refractivity (Wildman–Crippen MR) is 76.4 cm³/mol. The van der Waals surface area contributed by atoms with E-state index < -0.39 is 11.7 Å². The summed E-state index contributed by atoms with van der Waals surface area (Å²) < 4.78 is 6.99. The smallest absolute Gasteiger partial charge is 0.408 e. The zero-order valence-electron chi connectivity index (χ0n) is 12.0. The molecule has 0 bridgehead atoms. The lowest BCUT2D eigenvalue weighted by atomic mass is 10.1. The molecule has 6 nitrogen and oxygen atoms in total. The number of nitrogens with zero attached hydrogens (tertiary/aromatic N) is 2. The summed E-state index contributed by atoms with van der Waals surface area (Å²) in [5.41, 5.74) is 7.01. The van der Waals surface area contributed by atoms with Crippen molar-refractivity contribution in [1.29, 1.82) is 0 Å². The van der Waals surface area contributed by atoms with Gasteiger partial charge in [0, 0.05) is 18.3 Å². The van der Waals surface area contributed by atoms with Gasteiger partial charge >= 0.3 is 6.09 Å². The standard InChI is InChI=1S/C14H20N4O2/c1-14(2,3)20-13(19)17-11(8-15)10-9-16-18-7-5-4-6-12(10)18/h4-7,9,11H,8,15H2,1-3H3,(H,17,19). The number of nitrogens with one attached hydrogen (secondary N) is 1. The molecular formula is C14H20N4O2. The SMILES string of the molecule is CC(C)(C)OC(=O)NC(CN)c1cnn2ccccc12. The molecule has 2 aromatic rings. The summed E-state index contributed by atoms with van der Waals surface area (Å²) in [6, 6.07) is 5.41. The van der Waals surface area contributed by atoms with Crippen LogP contribution in [0.1, 0.15) is 32.4 Å². The Morgan fingerprint density at radius 1 is 1.50 bits per heavy atom. The highest BCUT2D eigenvalue weighted by Crippen LogP contribution is 2.19. The van der Waals surface area contributed by atoms with Crippen LogP contribution in [0.15, 0.2) is 30.6 Å². The average molecular weight is 276 g/mol. The van der Waals surface area contributed by atoms with Crippen molar-refractivity contribution in [3.05, 3.63) is 36.2 Å². The Hall–Kier alpha value is -2.08. The minimum Gasteiger partial charge on any atom is -0.444 e. The van der Waals surface area contributed by atoms with Crippen LogP contribution in [-0.2, 0) is 4.74 Å². The molecule has 0 aliphatic heterocycles. The first-order chi connectivity index (χ1) is 9.40. The van der Waals surface area contributed by atoms with Crippen LogP contribution in [0.2, 0.25) is 0 Å². The van der Waals surface area contributed by atoms with Crippen LogP contribution in [0, 0.1) is 0 Å². The molecule has 2 aromatic heterocycles. The maximum atomic E-state index is 11.8. The molecule has 0 saturated heterocycles. The fraction of sp³-hybridized carbons (Fsp3) is 0.429. The van der Waals surface area contributed by atoms with E-state index in [0.29, 0.717) is 0 Å². The molecule has 6 heteroatoms. The number of pyridine rings is 1. The van der Waals surface area contributed by atoms with Crippen LogP contribution in [0.25, 0.3) is 5.52 Å². The normalized spacial score (nSPS) is 13.2. The van der Waals surface area contributed by atoms with Gasteiger partial charge in [0.25, 0.3) is 0 Å². The third kappa shape index (κ3) is 3.27. The van der Waals surface area contributed by atoms with E-state index in [4.69, 9.17) is 10.5 Å². The Kier molecular flexibility index (Phi) is 3.94. The van der Waals surface area contributed by atoms with E-state index >= 15 is 0 Å². The van der Waals surface area contributed by atoms with Crippen molar-refractivity contribution in [1.82, 2.24) is 14.9 Å². The Morgan fingerprint density at radius 2 is 2.25 bits per heavy atom. The molecule has 1 amide bonds. The van der Waals surface area contributed by atoms with Crippen molar-refractivity contribution in [2.45, 2.75) is 32.4 Å². The van der Waals surface area contributed by atoms with Crippen molar-refractivity contribution in [3.63, 3.8) is 0 Å². The number of fused-ring (bicyclic) bond motifs is 1. The van der Waals surface area contributed by atoms with E-state index in [1.165, 1.54) is 0 Å². The van der Waals surface area contributed by atoms with Gasteiger partial charge in [-0.2, -0.15) is 5.10 Å². The first kappa shape index (κ1) is 14.3. The number of alkyl carbamates (subject to hydrolysis) is 1. The zero-order chi connectivity index (χ0) is 14.8. The molecule has 2 rings (SSSR count). The minimum atomic E-state index is -0.537. The van der Waals surface area contributed by atoms with E-state index in [1.807, 2.05) is 45.2 Å². The lowest BCUT2D eigenvalue weighted by molar-refractivity contribution is 0.0505. The number of aromatic nitrogens is 2. The van der Waals surface area contributed by atoms with Crippen molar-refractivity contribution in [2.75, 3.05) is 6.54 Å². The summed E-state index contributed by atoms with van der Waals surface area (Å²) in [5, 5.41) is 7.02. The molecule has 2 heterocycles. The highest BCUT2D eigenvalue weighted by atomic mass is 16.6. The number of amides is 1. The number of rotatable bonds is 3. The molecule has 0 fully saturated rings. The monoisotopic (exact) mass is 276 g/mol. The molecule has 108 valence electrons. The maximum absolute atomic E-state index is 11.8. The Labute approximate surface area is 117 Å². The maximum Gasteiger partial charge on any atom is 0.408 e. The molecule has 1 atom stereocenters. The predicted octanol–water partition coefficient (Wildman–Crippen LogP) is 1.86. The molecule has 0 spiro atoms. The van der Waals surface area contributed by atoms with E-state index in [2.05, 4.69) is 10.4 Å². The lowest BCUT2D eigenvalue weighted by Gasteiger charge is -2.22. The lowest BCUT2D eigenvalue weighted by Crippen LogP contribution is -2.37. The number of nitrogens with two attached hydrogens (primary N) is 1. The van der Waals surface area contributed by atoms with Crippen molar-refractivity contribution < 1.29 is 9.53 Å². The second kappa shape index (κ2) is 5.50. The molecule has 0 saturated carbocycles. The van der Waals surface area contributed by atoms with Gasteiger partial charge in [-0.3, -0.25) is 0 Å². The van der Waals surface area contributed by atoms with Crippen LogP contribution >= 0.6 is 0 Å². The van der Waals surface area contributed by atoms with Crippen LogP contribution in [0.4, 0.5) is 4.79 Å². The van der Waals surface area contributed by atoms with Gasteiger partial charge in [-0.05, 0) is 32.9 Å². The first-order valence-electron chi connectivity index (χ1n) is 6.52. The molecule has 1 unspecified atom stereocenters. The molecule has 0 aromatic carbocycles. The van der Waals surface area contributed by atoms with Crippen LogP contribution in [-0.4, -0.2) is 27.9 Å². The van der Waals surface area contributed by atoms with Gasteiger partial charge in [0.15, 0.2) is 0 Å². The van der Waals surface area contributed by atoms with Gasteiger partial charge in [-0.25, -0.2) is 9.31 Å². The third-order valence-corrected chi connectivity index (χ3v) is 2.76. The number of carbonyl (C=O) groups excluding carboxylic acids is 1. The zero-order valence-corrected chi connectivity index (χ0v) is 12.0. The van der Waals surface area contributed by atoms with Crippen molar-refractivity contribution >= 4 is 11.6 Å².